The predicted molar refractivity (Wildman–Crippen MR) is 90.3 cm³/mol. The average Bonchev–Trinajstić information content (AvgIpc) is 3.11. The van der Waals surface area contributed by atoms with Gasteiger partial charge < -0.3 is 13.9 Å². The van der Waals surface area contributed by atoms with Crippen LogP contribution in [0.3, 0.4) is 0 Å². The number of pyridine rings is 2. The molecule has 0 radical (unpaired) electrons. The Kier molecular flexibility index (Phi) is 3.42. The van der Waals surface area contributed by atoms with E-state index in [9.17, 15) is 9.59 Å². The average molecular weight is 343 g/mol. The SMILES string of the molecule is Cn1cc2c(c(Cl)c1=O)C(=O)N(CCc1cn3ccccc3n1)C2. The van der Waals surface area contributed by atoms with E-state index in [1.54, 1.807) is 18.1 Å². The van der Waals surface area contributed by atoms with Crippen molar-refractivity contribution in [3.63, 3.8) is 0 Å². The molecule has 4 heterocycles. The smallest absolute Gasteiger partial charge is 0.269 e. The first kappa shape index (κ1) is 15.0. The number of rotatable bonds is 3. The highest BCUT2D eigenvalue weighted by Gasteiger charge is 2.31. The summed E-state index contributed by atoms with van der Waals surface area (Å²) in [6, 6.07) is 5.83. The molecule has 1 amide bonds. The Morgan fingerprint density at radius 3 is 2.88 bits per heavy atom. The van der Waals surface area contributed by atoms with Crippen molar-refractivity contribution in [1.29, 1.82) is 0 Å². The van der Waals surface area contributed by atoms with Crippen molar-refractivity contribution < 1.29 is 4.79 Å². The summed E-state index contributed by atoms with van der Waals surface area (Å²) in [6.07, 6.45) is 6.24. The molecule has 0 saturated heterocycles. The summed E-state index contributed by atoms with van der Waals surface area (Å²) in [6.45, 7) is 1.00. The number of imidazole rings is 1. The second-order valence-corrected chi connectivity index (χ2v) is 6.31. The predicted octanol–water partition coefficient (Wildman–Crippen LogP) is 1.88. The summed E-state index contributed by atoms with van der Waals surface area (Å²) < 4.78 is 3.37. The molecule has 3 aromatic heterocycles. The summed E-state index contributed by atoms with van der Waals surface area (Å²) >= 11 is 6.08. The highest BCUT2D eigenvalue weighted by atomic mass is 35.5. The van der Waals surface area contributed by atoms with Crippen LogP contribution in [0.4, 0.5) is 0 Å². The number of fused-ring (bicyclic) bond motifs is 2. The first-order chi connectivity index (χ1) is 11.5. The summed E-state index contributed by atoms with van der Waals surface area (Å²) in [7, 11) is 1.64. The number of hydrogen-bond acceptors (Lipinski definition) is 3. The molecule has 0 N–H and O–H groups in total. The van der Waals surface area contributed by atoms with Crippen molar-refractivity contribution in [1.82, 2.24) is 18.9 Å². The van der Waals surface area contributed by atoms with Crippen molar-refractivity contribution in [2.24, 2.45) is 7.05 Å². The third kappa shape index (κ3) is 2.30. The summed E-state index contributed by atoms with van der Waals surface area (Å²) in [4.78, 5) is 30.7. The molecule has 1 aliphatic heterocycles. The van der Waals surface area contributed by atoms with E-state index in [2.05, 4.69) is 4.98 Å². The van der Waals surface area contributed by atoms with Crippen molar-refractivity contribution in [3.05, 3.63) is 69.0 Å². The van der Waals surface area contributed by atoms with Crippen LogP contribution in [0.1, 0.15) is 21.6 Å². The lowest BCUT2D eigenvalue weighted by molar-refractivity contribution is 0.0780. The lowest BCUT2D eigenvalue weighted by Gasteiger charge is -2.14. The van der Waals surface area contributed by atoms with Crippen LogP contribution >= 0.6 is 11.6 Å². The van der Waals surface area contributed by atoms with Gasteiger partial charge in [0.25, 0.3) is 11.5 Å². The molecule has 0 spiro atoms. The molecule has 0 aromatic carbocycles. The van der Waals surface area contributed by atoms with Crippen molar-refractivity contribution in [3.8, 4) is 0 Å². The molecule has 0 aliphatic carbocycles. The van der Waals surface area contributed by atoms with E-state index in [0.29, 0.717) is 25.1 Å². The number of carbonyl (C=O) groups excluding carboxylic acids is 1. The van der Waals surface area contributed by atoms with Gasteiger partial charge in [-0.05, 0) is 12.1 Å². The maximum absolute atomic E-state index is 12.5. The maximum atomic E-state index is 12.5. The Hall–Kier alpha value is -2.60. The Labute approximate surface area is 142 Å². The standard InChI is InChI=1S/C17H15ClN4O2/c1-20-8-11-9-22(16(23)14(11)15(18)17(20)24)7-5-12-10-21-6-3-2-4-13(21)19-12/h2-4,6,8,10H,5,7,9H2,1H3. The Morgan fingerprint density at radius 2 is 2.08 bits per heavy atom. The molecular weight excluding hydrogens is 328 g/mol. The molecule has 1 aliphatic rings. The minimum absolute atomic E-state index is 0.00947. The van der Waals surface area contributed by atoms with Crippen LogP contribution in [-0.4, -0.2) is 31.3 Å². The maximum Gasteiger partial charge on any atom is 0.269 e. The summed E-state index contributed by atoms with van der Waals surface area (Å²) in [5.74, 6) is -0.184. The largest absolute Gasteiger partial charge is 0.334 e. The first-order valence-corrected chi connectivity index (χ1v) is 8.02. The van der Waals surface area contributed by atoms with Crippen molar-refractivity contribution in [2.45, 2.75) is 13.0 Å². The van der Waals surface area contributed by atoms with E-state index in [-0.39, 0.29) is 16.5 Å². The van der Waals surface area contributed by atoms with Crippen LogP contribution in [0, 0.1) is 0 Å². The quantitative estimate of drug-likeness (QED) is 0.730. The molecule has 0 fully saturated rings. The Bertz CT molecular complexity index is 988. The fourth-order valence-corrected chi connectivity index (χ4v) is 3.42. The zero-order chi connectivity index (χ0) is 16.8. The monoisotopic (exact) mass is 342 g/mol. The molecular formula is C17H15ClN4O2. The van der Waals surface area contributed by atoms with Gasteiger partial charge in [-0.25, -0.2) is 4.98 Å². The number of halogens is 1. The first-order valence-electron chi connectivity index (χ1n) is 7.64. The highest BCUT2D eigenvalue weighted by Crippen LogP contribution is 2.26. The van der Waals surface area contributed by atoms with Gasteiger partial charge in [-0.1, -0.05) is 17.7 Å². The molecule has 6 nitrogen and oxygen atoms in total. The number of aryl methyl sites for hydroxylation is 1. The van der Waals surface area contributed by atoms with Gasteiger partial charge in [0.2, 0.25) is 0 Å². The molecule has 4 rings (SSSR count). The lowest BCUT2D eigenvalue weighted by atomic mass is 10.2. The zero-order valence-corrected chi connectivity index (χ0v) is 13.8. The normalized spacial score (nSPS) is 13.8. The fourth-order valence-electron chi connectivity index (χ4n) is 3.08. The molecule has 24 heavy (non-hydrogen) atoms. The van der Waals surface area contributed by atoms with Crippen LogP contribution in [0.15, 0.2) is 41.6 Å². The third-order valence-electron chi connectivity index (χ3n) is 4.31. The molecule has 0 bridgehead atoms. The minimum atomic E-state index is -0.342. The number of amides is 1. The van der Waals surface area contributed by atoms with E-state index in [0.717, 1.165) is 16.9 Å². The van der Waals surface area contributed by atoms with Crippen LogP contribution in [0.2, 0.25) is 5.02 Å². The van der Waals surface area contributed by atoms with Gasteiger partial charge in [0.15, 0.2) is 0 Å². The number of nitrogens with zero attached hydrogens (tertiary/aromatic N) is 4. The van der Waals surface area contributed by atoms with Gasteiger partial charge in [-0.3, -0.25) is 9.59 Å². The van der Waals surface area contributed by atoms with Crippen molar-refractivity contribution >= 4 is 23.2 Å². The number of aromatic nitrogens is 3. The van der Waals surface area contributed by atoms with Gasteiger partial charge in [0, 0.05) is 50.7 Å². The van der Waals surface area contributed by atoms with Gasteiger partial charge in [0.05, 0.1) is 11.3 Å². The molecule has 0 atom stereocenters. The molecule has 7 heteroatoms. The van der Waals surface area contributed by atoms with E-state index >= 15 is 0 Å². The third-order valence-corrected chi connectivity index (χ3v) is 4.66. The van der Waals surface area contributed by atoms with Gasteiger partial charge >= 0.3 is 0 Å². The van der Waals surface area contributed by atoms with E-state index in [4.69, 9.17) is 11.6 Å². The minimum Gasteiger partial charge on any atom is -0.334 e. The zero-order valence-electron chi connectivity index (χ0n) is 13.1. The summed E-state index contributed by atoms with van der Waals surface area (Å²) in [5.41, 5.74) is 2.60. The van der Waals surface area contributed by atoms with E-state index in [1.807, 2.05) is 35.0 Å². The van der Waals surface area contributed by atoms with E-state index in [1.165, 1.54) is 4.57 Å². The second kappa shape index (κ2) is 5.49. The molecule has 122 valence electrons. The number of hydrogen-bond donors (Lipinski definition) is 0. The van der Waals surface area contributed by atoms with E-state index < -0.39 is 0 Å². The lowest BCUT2D eigenvalue weighted by Crippen LogP contribution is -2.27. The fraction of sp³-hybridized carbons (Fsp3) is 0.235. The van der Waals surface area contributed by atoms with Gasteiger partial charge in [-0.15, -0.1) is 0 Å². The van der Waals surface area contributed by atoms with Crippen LogP contribution in [0.25, 0.3) is 5.65 Å². The number of carbonyl (C=O) groups is 1. The van der Waals surface area contributed by atoms with Gasteiger partial charge in [0.1, 0.15) is 10.7 Å². The molecule has 0 unspecified atom stereocenters. The summed E-state index contributed by atoms with van der Waals surface area (Å²) in [5, 5.41) is 0.00947. The highest BCUT2D eigenvalue weighted by molar-refractivity contribution is 6.34. The van der Waals surface area contributed by atoms with Crippen LogP contribution in [0.5, 0.6) is 0 Å². The Morgan fingerprint density at radius 1 is 1.25 bits per heavy atom. The Balaban J connectivity index is 1.55. The topological polar surface area (TPSA) is 59.6 Å². The molecule has 3 aromatic rings. The van der Waals surface area contributed by atoms with Crippen LogP contribution in [-0.2, 0) is 20.0 Å². The second-order valence-electron chi connectivity index (χ2n) is 5.93. The van der Waals surface area contributed by atoms with Crippen molar-refractivity contribution in [2.75, 3.05) is 6.54 Å². The molecule has 0 saturated carbocycles. The van der Waals surface area contributed by atoms with Gasteiger partial charge in [-0.2, -0.15) is 0 Å². The van der Waals surface area contributed by atoms with Crippen LogP contribution < -0.4 is 5.56 Å².